The number of thiazole rings is 1. The fourth-order valence-corrected chi connectivity index (χ4v) is 3.39. The zero-order chi connectivity index (χ0) is 16.4. The van der Waals surface area contributed by atoms with Gasteiger partial charge in [0.15, 0.2) is 0 Å². The maximum absolute atomic E-state index is 10.8. The van der Waals surface area contributed by atoms with E-state index < -0.39 is 5.60 Å². The Morgan fingerprint density at radius 3 is 2.65 bits per heavy atom. The van der Waals surface area contributed by atoms with Crippen LogP contribution in [0.5, 0.6) is 0 Å². The Hall–Kier alpha value is -2.26. The molecule has 23 heavy (non-hydrogen) atoms. The average Bonchev–Trinajstić information content (AvgIpc) is 3.06. The Labute approximate surface area is 142 Å². The lowest BCUT2D eigenvalue weighted by Gasteiger charge is -2.21. The molecule has 0 spiro atoms. The number of aliphatic hydroxyl groups is 1. The van der Waals surface area contributed by atoms with E-state index in [1.165, 1.54) is 11.3 Å². The predicted octanol–water partition coefficient (Wildman–Crippen LogP) is 3.99. The third-order valence-electron chi connectivity index (χ3n) is 3.56. The van der Waals surface area contributed by atoms with Crippen molar-refractivity contribution in [2.75, 3.05) is 0 Å². The van der Waals surface area contributed by atoms with Crippen LogP contribution in [0.3, 0.4) is 0 Å². The van der Waals surface area contributed by atoms with Gasteiger partial charge in [-0.2, -0.15) is 5.26 Å². The van der Waals surface area contributed by atoms with Crippen LogP contribution in [-0.2, 0) is 5.60 Å². The van der Waals surface area contributed by atoms with Crippen LogP contribution in [0.1, 0.15) is 22.9 Å². The molecule has 114 valence electrons. The Kier molecular flexibility index (Phi) is 4.14. The molecule has 0 saturated heterocycles. The number of benzene rings is 1. The normalized spacial score (nSPS) is 13.3. The minimum atomic E-state index is -1.14. The lowest BCUT2D eigenvalue weighted by atomic mass is 9.96. The summed E-state index contributed by atoms with van der Waals surface area (Å²) in [6, 6.07) is 10.8. The topological polar surface area (TPSA) is 69.8 Å². The molecule has 1 aromatic carbocycles. The molecule has 6 heteroatoms. The van der Waals surface area contributed by atoms with Crippen molar-refractivity contribution >= 4 is 22.9 Å². The quantitative estimate of drug-likeness (QED) is 0.782. The molecule has 1 unspecified atom stereocenters. The van der Waals surface area contributed by atoms with Gasteiger partial charge in [-0.1, -0.05) is 17.7 Å². The standard InChI is InChI=1S/C17H12ClN3OS/c1-17(22,13-4-6-20-7-5-13)15-10-21-16(23-15)11-2-3-12(9-19)14(18)8-11/h2-8,10,22H,1H3. The van der Waals surface area contributed by atoms with Gasteiger partial charge in [0.2, 0.25) is 0 Å². The molecule has 0 fully saturated rings. The molecule has 0 aliphatic carbocycles. The molecule has 3 rings (SSSR count). The third-order valence-corrected chi connectivity index (χ3v) is 5.13. The highest BCUT2D eigenvalue weighted by atomic mass is 35.5. The molecule has 0 aliphatic heterocycles. The van der Waals surface area contributed by atoms with Crippen molar-refractivity contribution < 1.29 is 5.11 Å². The van der Waals surface area contributed by atoms with Crippen LogP contribution in [0.4, 0.5) is 0 Å². The number of aromatic nitrogens is 2. The van der Waals surface area contributed by atoms with Crippen LogP contribution >= 0.6 is 22.9 Å². The molecular weight excluding hydrogens is 330 g/mol. The molecule has 4 nitrogen and oxygen atoms in total. The van der Waals surface area contributed by atoms with Gasteiger partial charge in [0.05, 0.1) is 15.5 Å². The molecule has 1 atom stereocenters. The largest absolute Gasteiger partial charge is 0.380 e. The molecule has 0 bridgehead atoms. The summed E-state index contributed by atoms with van der Waals surface area (Å²) < 4.78 is 0. The number of hydrogen-bond donors (Lipinski definition) is 1. The van der Waals surface area contributed by atoms with Gasteiger partial charge in [0.1, 0.15) is 16.7 Å². The van der Waals surface area contributed by atoms with Crippen LogP contribution in [0, 0.1) is 11.3 Å². The summed E-state index contributed by atoms with van der Waals surface area (Å²) in [5.74, 6) is 0. The highest BCUT2D eigenvalue weighted by Crippen LogP contribution is 2.36. The lowest BCUT2D eigenvalue weighted by Crippen LogP contribution is -2.21. The lowest BCUT2D eigenvalue weighted by molar-refractivity contribution is 0.106. The molecule has 0 radical (unpaired) electrons. The zero-order valence-electron chi connectivity index (χ0n) is 12.2. The van der Waals surface area contributed by atoms with Gasteiger partial charge in [-0.3, -0.25) is 4.98 Å². The smallest absolute Gasteiger partial charge is 0.123 e. The molecule has 3 aromatic rings. The first-order valence-corrected chi connectivity index (χ1v) is 8.01. The molecule has 0 amide bonds. The Balaban J connectivity index is 1.98. The Bertz CT molecular complexity index is 884. The molecule has 0 aliphatic rings. The van der Waals surface area contributed by atoms with Gasteiger partial charge >= 0.3 is 0 Å². The van der Waals surface area contributed by atoms with Gasteiger partial charge in [-0.25, -0.2) is 4.98 Å². The minimum absolute atomic E-state index is 0.391. The first kappa shape index (κ1) is 15.6. The van der Waals surface area contributed by atoms with E-state index in [0.717, 1.165) is 21.0 Å². The van der Waals surface area contributed by atoms with Crippen molar-refractivity contribution in [3.8, 4) is 16.6 Å². The van der Waals surface area contributed by atoms with E-state index in [0.29, 0.717) is 10.6 Å². The summed E-state index contributed by atoms with van der Waals surface area (Å²) in [6.45, 7) is 1.73. The summed E-state index contributed by atoms with van der Waals surface area (Å²) in [6.07, 6.45) is 4.95. The fraction of sp³-hybridized carbons (Fsp3) is 0.118. The second kappa shape index (κ2) is 6.09. The number of halogens is 1. The van der Waals surface area contributed by atoms with Crippen LogP contribution in [0.2, 0.25) is 5.02 Å². The van der Waals surface area contributed by atoms with E-state index in [1.54, 1.807) is 55.8 Å². The Morgan fingerprint density at radius 2 is 2.00 bits per heavy atom. The SMILES string of the molecule is CC(O)(c1ccncc1)c1cnc(-c2ccc(C#N)c(Cl)c2)s1. The van der Waals surface area contributed by atoms with Crippen molar-refractivity contribution in [2.45, 2.75) is 12.5 Å². The molecule has 1 N–H and O–H groups in total. The van der Waals surface area contributed by atoms with E-state index in [-0.39, 0.29) is 0 Å². The third kappa shape index (κ3) is 2.97. The average molecular weight is 342 g/mol. The highest BCUT2D eigenvalue weighted by Gasteiger charge is 2.28. The number of hydrogen-bond acceptors (Lipinski definition) is 5. The second-order valence-corrected chi connectivity index (χ2v) is 6.58. The van der Waals surface area contributed by atoms with Gasteiger partial charge in [-0.05, 0) is 36.8 Å². The van der Waals surface area contributed by atoms with Gasteiger partial charge in [0.25, 0.3) is 0 Å². The fourth-order valence-electron chi connectivity index (χ4n) is 2.19. The number of nitrogens with zero attached hydrogens (tertiary/aromatic N) is 3. The molecule has 2 aromatic heterocycles. The monoisotopic (exact) mass is 341 g/mol. The first-order valence-electron chi connectivity index (χ1n) is 6.81. The van der Waals surface area contributed by atoms with E-state index in [9.17, 15) is 5.11 Å². The second-order valence-electron chi connectivity index (χ2n) is 5.14. The maximum Gasteiger partial charge on any atom is 0.123 e. The summed E-state index contributed by atoms with van der Waals surface area (Å²) >= 11 is 7.46. The van der Waals surface area contributed by atoms with Crippen molar-refractivity contribution in [3.05, 3.63) is 69.9 Å². The zero-order valence-corrected chi connectivity index (χ0v) is 13.8. The highest BCUT2D eigenvalue weighted by molar-refractivity contribution is 7.15. The molecule has 0 saturated carbocycles. The summed E-state index contributed by atoms with van der Waals surface area (Å²) in [5.41, 5.74) is 0.849. The van der Waals surface area contributed by atoms with Crippen molar-refractivity contribution in [1.29, 1.82) is 5.26 Å². The van der Waals surface area contributed by atoms with Crippen LogP contribution in [-0.4, -0.2) is 15.1 Å². The van der Waals surface area contributed by atoms with Crippen molar-refractivity contribution in [2.24, 2.45) is 0 Å². The van der Waals surface area contributed by atoms with Crippen molar-refractivity contribution in [3.63, 3.8) is 0 Å². The number of rotatable bonds is 3. The van der Waals surface area contributed by atoms with E-state index in [2.05, 4.69) is 9.97 Å². The number of pyridine rings is 1. The van der Waals surface area contributed by atoms with E-state index >= 15 is 0 Å². The van der Waals surface area contributed by atoms with E-state index in [1.807, 2.05) is 6.07 Å². The van der Waals surface area contributed by atoms with Crippen molar-refractivity contribution in [1.82, 2.24) is 9.97 Å². The Morgan fingerprint density at radius 1 is 1.26 bits per heavy atom. The van der Waals surface area contributed by atoms with E-state index in [4.69, 9.17) is 16.9 Å². The summed E-state index contributed by atoms with van der Waals surface area (Å²) in [7, 11) is 0. The minimum Gasteiger partial charge on any atom is -0.380 e. The van der Waals surface area contributed by atoms with Gasteiger partial charge < -0.3 is 5.11 Å². The first-order chi connectivity index (χ1) is 11.0. The predicted molar refractivity (Wildman–Crippen MR) is 90.2 cm³/mol. The van der Waals surface area contributed by atoms with Crippen LogP contribution in [0.15, 0.2) is 48.9 Å². The summed E-state index contributed by atoms with van der Waals surface area (Å²) in [4.78, 5) is 9.06. The van der Waals surface area contributed by atoms with Crippen LogP contribution in [0.25, 0.3) is 10.6 Å². The van der Waals surface area contributed by atoms with Gasteiger partial charge in [0, 0.05) is 24.2 Å². The number of nitriles is 1. The van der Waals surface area contributed by atoms with Gasteiger partial charge in [-0.15, -0.1) is 11.3 Å². The molecular formula is C17H12ClN3OS. The summed E-state index contributed by atoms with van der Waals surface area (Å²) in [5, 5.41) is 20.9. The van der Waals surface area contributed by atoms with Crippen LogP contribution < -0.4 is 0 Å². The maximum atomic E-state index is 10.8. The molecule has 2 heterocycles.